The van der Waals surface area contributed by atoms with Crippen LogP contribution in [0.4, 0.5) is 0 Å². The van der Waals surface area contributed by atoms with E-state index in [0.29, 0.717) is 19.3 Å². The summed E-state index contributed by atoms with van der Waals surface area (Å²) in [6.45, 7) is 6.46. The maximum atomic E-state index is 12.8. The minimum Gasteiger partial charge on any atom is -0.462 e. The molecule has 0 amide bonds. The Hall–Kier alpha value is -3.93. The largest absolute Gasteiger partial charge is 0.462 e. The molecule has 0 aromatic heterocycles. The second-order valence-electron chi connectivity index (χ2n) is 20.9. The van der Waals surface area contributed by atoms with E-state index in [0.717, 1.165) is 135 Å². The van der Waals surface area contributed by atoms with E-state index in [9.17, 15) is 14.4 Å². The van der Waals surface area contributed by atoms with Crippen molar-refractivity contribution in [3.05, 3.63) is 109 Å². The number of hydrogen-bond donors (Lipinski definition) is 0. The smallest absolute Gasteiger partial charge is 0.306 e. The van der Waals surface area contributed by atoms with E-state index in [4.69, 9.17) is 14.2 Å². The molecular weight excluding hydrogens is 937 g/mol. The number of unbranched alkanes of at least 4 members (excludes halogenated alkanes) is 28. The van der Waals surface area contributed by atoms with Gasteiger partial charge in [-0.2, -0.15) is 0 Å². The molecule has 0 aromatic rings. The van der Waals surface area contributed by atoms with Crippen molar-refractivity contribution >= 4 is 17.9 Å². The zero-order chi connectivity index (χ0) is 55.0. The van der Waals surface area contributed by atoms with Gasteiger partial charge in [0.05, 0.1) is 0 Å². The van der Waals surface area contributed by atoms with Gasteiger partial charge in [-0.1, -0.05) is 284 Å². The molecule has 0 aliphatic carbocycles. The molecule has 0 saturated carbocycles. The van der Waals surface area contributed by atoms with E-state index in [1.165, 1.54) is 122 Å². The highest BCUT2D eigenvalue weighted by atomic mass is 16.6. The minimum absolute atomic E-state index is 0.0817. The van der Waals surface area contributed by atoms with Crippen LogP contribution in [0.25, 0.3) is 0 Å². The number of ether oxygens (including phenoxy) is 3. The zero-order valence-electron chi connectivity index (χ0n) is 49.7. The van der Waals surface area contributed by atoms with Gasteiger partial charge >= 0.3 is 17.9 Å². The first kappa shape index (κ1) is 72.1. The Morgan fingerprint density at radius 3 is 0.855 bits per heavy atom. The molecule has 0 bridgehead atoms. The van der Waals surface area contributed by atoms with Gasteiger partial charge in [0.15, 0.2) is 6.10 Å². The van der Waals surface area contributed by atoms with Crippen LogP contribution in [0.3, 0.4) is 0 Å². The summed E-state index contributed by atoms with van der Waals surface area (Å²) in [5.41, 5.74) is 0. The molecule has 0 rings (SSSR count). The number of carbonyl (C=O) groups is 3. The average Bonchev–Trinajstić information content (AvgIpc) is 3.42. The van der Waals surface area contributed by atoms with E-state index >= 15 is 0 Å². The molecule has 0 aliphatic heterocycles. The molecule has 1 atom stereocenters. The number of carbonyl (C=O) groups excluding carboxylic acids is 3. The molecule has 6 heteroatoms. The van der Waals surface area contributed by atoms with Crippen molar-refractivity contribution in [2.45, 2.75) is 303 Å². The third kappa shape index (κ3) is 60.9. The van der Waals surface area contributed by atoms with Crippen molar-refractivity contribution in [1.82, 2.24) is 0 Å². The predicted octanol–water partition coefficient (Wildman–Crippen LogP) is 21.8. The third-order valence-electron chi connectivity index (χ3n) is 13.5. The Kier molecular flexibility index (Phi) is 60.3. The molecule has 0 fully saturated rings. The van der Waals surface area contributed by atoms with Crippen LogP contribution >= 0.6 is 0 Å². The normalized spacial score (nSPS) is 12.8. The van der Waals surface area contributed by atoms with Gasteiger partial charge in [-0.05, 0) is 103 Å². The molecule has 0 saturated heterocycles. The van der Waals surface area contributed by atoms with E-state index < -0.39 is 6.10 Å². The minimum atomic E-state index is -0.785. The Bertz CT molecular complexity index is 1540. The fraction of sp³-hybridized carbons (Fsp3) is 0.700. The van der Waals surface area contributed by atoms with Crippen LogP contribution < -0.4 is 0 Å². The summed E-state index contributed by atoms with van der Waals surface area (Å²) in [6, 6.07) is 0. The molecule has 76 heavy (non-hydrogen) atoms. The number of esters is 3. The molecule has 0 spiro atoms. The van der Waals surface area contributed by atoms with Crippen molar-refractivity contribution in [2.24, 2.45) is 0 Å². The van der Waals surface area contributed by atoms with Crippen LogP contribution in [0, 0.1) is 0 Å². The van der Waals surface area contributed by atoms with Gasteiger partial charge in [-0.25, -0.2) is 0 Å². The van der Waals surface area contributed by atoms with E-state index in [1.807, 2.05) is 0 Å². The summed E-state index contributed by atoms with van der Waals surface area (Å²) in [7, 11) is 0. The summed E-state index contributed by atoms with van der Waals surface area (Å²) in [4.78, 5) is 38.2. The van der Waals surface area contributed by atoms with Crippen molar-refractivity contribution in [3.63, 3.8) is 0 Å². The standard InChI is InChI=1S/C70H118O6/c1-4-7-10-13-16-19-22-25-26-27-28-29-30-31-32-33-34-35-36-37-38-39-40-41-42-43-44-46-48-51-54-57-60-63-69(72)75-66-67(65-74-68(71)62-59-56-53-50-47-24-21-18-15-12-9-6-3)76-70(73)64-61-58-55-52-49-45-23-20-17-14-11-8-5-2/h7,10-11,14,16,19-20,23,25-26,28-29,31-32,34-35,37-38,67H,4-6,8-9,12-13,15,17-18,21-22,24,27,30,33,36,39-66H2,1-3H3/b10-7-,14-11-,19-16-,23-20-,26-25-,29-28-,32-31-,35-34-,38-37-. The van der Waals surface area contributed by atoms with E-state index in [-0.39, 0.29) is 31.1 Å². The summed E-state index contributed by atoms with van der Waals surface area (Å²) in [5.74, 6) is -0.893. The lowest BCUT2D eigenvalue weighted by Crippen LogP contribution is -2.30. The highest BCUT2D eigenvalue weighted by molar-refractivity contribution is 5.71. The van der Waals surface area contributed by atoms with Gasteiger partial charge in [0, 0.05) is 19.3 Å². The van der Waals surface area contributed by atoms with Gasteiger partial charge < -0.3 is 14.2 Å². The molecular formula is C70H118O6. The molecule has 1 unspecified atom stereocenters. The molecule has 0 aromatic carbocycles. The average molecular weight is 1060 g/mol. The predicted molar refractivity (Wildman–Crippen MR) is 330 cm³/mol. The number of rotatable bonds is 57. The Morgan fingerprint density at radius 2 is 0.539 bits per heavy atom. The number of hydrogen-bond acceptors (Lipinski definition) is 6. The zero-order valence-corrected chi connectivity index (χ0v) is 49.7. The monoisotopic (exact) mass is 1050 g/mol. The van der Waals surface area contributed by atoms with Crippen LogP contribution in [0.1, 0.15) is 297 Å². The lowest BCUT2D eigenvalue weighted by Gasteiger charge is -2.18. The summed E-state index contributed by atoms with van der Waals surface area (Å²) in [5, 5.41) is 0. The second kappa shape index (κ2) is 63.6. The fourth-order valence-electron chi connectivity index (χ4n) is 8.76. The highest BCUT2D eigenvalue weighted by Gasteiger charge is 2.19. The van der Waals surface area contributed by atoms with Crippen LogP contribution in [-0.4, -0.2) is 37.2 Å². The lowest BCUT2D eigenvalue weighted by atomic mass is 10.0. The first-order chi connectivity index (χ1) is 37.5. The van der Waals surface area contributed by atoms with Crippen molar-refractivity contribution in [2.75, 3.05) is 13.2 Å². The summed E-state index contributed by atoms with van der Waals surface area (Å²) < 4.78 is 16.9. The topological polar surface area (TPSA) is 78.9 Å². The van der Waals surface area contributed by atoms with Crippen molar-refractivity contribution < 1.29 is 28.6 Å². The maximum absolute atomic E-state index is 12.8. The van der Waals surface area contributed by atoms with Crippen molar-refractivity contribution in [1.29, 1.82) is 0 Å². The first-order valence-corrected chi connectivity index (χ1v) is 31.9. The second-order valence-corrected chi connectivity index (χ2v) is 20.9. The molecule has 0 heterocycles. The molecule has 0 aliphatic rings. The lowest BCUT2D eigenvalue weighted by molar-refractivity contribution is -0.167. The van der Waals surface area contributed by atoms with Crippen LogP contribution in [0.2, 0.25) is 0 Å². The SMILES string of the molecule is CC/C=C\C/C=C\C/C=C\C/C=C\C/C=C\C/C=C\C/C=C\CCCCCCCCCCCCCC(=O)OCC(COC(=O)CCCCCCCCCCCCCC)OC(=O)CCCCCCC/C=C\C/C=C\CCC. The summed E-state index contributed by atoms with van der Waals surface area (Å²) in [6.07, 6.45) is 86.7. The van der Waals surface area contributed by atoms with Gasteiger partial charge in [0.2, 0.25) is 0 Å². The maximum Gasteiger partial charge on any atom is 0.306 e. The van der Waals surface area contributed by atoms with Gasteiger partial charge in [0.25, 0.3) is 0 Å². The summed E-state index contributed by atoms with van der Waals surface area (Å²) >= 11 is 0. The Labute approximate surface area is 470 Å². The van der Waals surface area contributed by atoms with E-state index in [2.05, 4.69) is 130 Å². The van der Waals surface area contributed by atoms with Gasteiger partial charge in [-0.15, -0.1) is 0 Å². The molecule has 0 N–H and O–H groups in total. The fourth-order valence-corrected chi connectivity index (χ4v) is 8.76. The van der Waals surface area contributed by atoms with Gasteiger partial charge in [-0.3, -0.25) is 14.4 Å². The number of allylic oxidation sites excluding steroid dienone is 18. The van der Waals surface area contributed by atoms with Crippen molar-refractivity contribution in [3.8, 4) is 0 Å². The highest BCUT2D eigenvalue weighted by Crippen LogP contribution is 2.16. The molecule has 434 valence electrons. The third-order valence-corrected chi connectivity index (χ3v) is 13.5. The van der Waals surface area contributed by atoms with Crippen LogP contribution in [0.5, 0.6) is 0 Å². The Balaban J connectivity index is 4.18. The Morgan fingerprint density at radius 1 is 0.276 bits per heavy atom. The quantitative estimate of drug-likeness (QED) is 0.0261. The van der Waals surface area contributed by atoms with Crippen LogP contribution in [-0.2, 0) is 28.6 Å². The first-order valence-electron chi connectivity index (χ1n) is 31.9. The molecule has 6 nitrogen and oxygen atoms in total. The van der Waals surface area contributed by atoms with E-state index in [1.54, 1.807) is 0 Å². The molecule has 0 radical (unpaired) electrons. The van der Waals surface area contributed by atoms with Crippen LogP contribution in [0.15, 0.2) is 109 Å². The van der Waals surface area contributed by atoms with Gasteiger partial charge in [0.1, 0.15) is 13.2 Å².